The Bertz CT molecular complexity index is 871. The van der Waals surface area contributed by atoms with Gasteiger partial charge in [-0.2, -0.15) is 5.26 Å². The van der Waals surface area contributed by atoms with Crippen LogP contribution in [0, 0.1) is 11.3 Å². The van der Waals surface area contributed by atoms with Gasteiger partial charge in [-0.15, -0.1) is 0 Å². The van der Waals surface area contributed by atoms with Crippen molar-refractivity contribution in [3.8, 4) is 6.07 Å². The summed E-state index contributed by atoms with van der Waals surface area (Å²) in [5, 5.41) is 9.23. The maximum atomic E-state index is 12.7. The molecule has 1 aromatic heterocycles. The molecule has 0 radical (unpaired) electrons. The van der Waals surface area contributed by atoms with Crippen LogP contribution in [-0.2, 0) is 13.6 Å². The summed E-state index contributed by atoms with van der Waals surface area (Å²) >= 11 is 0. The Morgan fingerprint density at radius 3 is 2.23 bits per heavy atom. The van der Waals surface area contributed by atoms with Gasteiger partial charge in [0.25, 0.3) is 5.56 Å². The minimum atomic E-state index is -0.442. The van der Waals surface area contributed by atoms with Crippen LogP contribution in [0.15, 0.2) is 52.1 Å². The smallest absolute Gasteiger partial charge is 0.332 e. The minimum Gasteiger partial charge on any atom is -0.356 e. The van der Waals surface area contributed by atoms with E-state index in [1.807, 2.05) is 52.5 Å². The summed E-state index contributed by atoms with van der Waals surface area (Å²) in [4.78, 5) is 26.8. The Morgan fingerprint density at radius 1 is 1.19 bits per heavy atom. The van der Waals surface area contributed by atoms with Gasteiger partial charge in [-0.3, -0.25) is 13.9 Å². The van der Waals surface area contributed by atoms with E-state index in [0.717, 1.165) is 24.0 Å². The molecule has 7 heteroatoms. The Morgan fingerprint density at radius 2 is 1.77 bits per heavy atom. The van der Waals surface area contributed by atoms with Gasteiger partial charge in [0.2, 0.25) is 0 Å². The van der Waals surface area contributed by atoms with Crippen molar-refractivity contribution in [2.24, 2.45) is 12.8 Å². The maximum absolute atomic E-state index is 12.7. The number of nitriles is 1. The Kier molecular flexibility index (Phi) is 16.5. The molecule has 1 aliphatic rings. The number of aromatic nitrogens is 2. The highest BCUT2D eigenvalue weighted by Crippen LogP contribution is 2.19. The number of rotatable bonds is 5. The van der Waals surface area contributed by atoms with Gasteiger partial charge in [-0.25, -0.2) is 4.79 Å². The first kappa shape index (κ1) is 30.3. The standard InChI is InChI=1S/C18H23N5O2.3C2H6/c1-4-13(10-19)14(5-2)11-23-16(9-17(24)21(3)18(23)25)22-8-6-7-15(20)12-22;3*1-2/h4-5,9,15H,1-2,6-8,11-12,20H2,3H3;3*1-2H3/b14-13-;;;. The Labute approximate surface area is 187 Å². The van der Waals surface area contributed by atoms with Gasteiger partial charge in [0.1, 0.15) is 5.82 Å². The summed E-state index contributed by atoms with van der Waals surface area (Å²) in [5.74, 6) is 0.518. The second-order valence-corrected chi connectivity index (χ2v) is 6.08. The van der Waals surface area contributed by atoms with E-state index in [1.165, 1.54) is 29.8 Å². The molecule has 0 amide bonds. The maximum Gasteiger partial charge on any atom is 0.332 e. The lowest BCUT2D eigenvalue weighted by molar-refractivity contribution is 0.491. The van der Waals surface area contributed by atoms with E-state index in [1.54, 1.807) is 0 Å². The number of allylic oxidation sites excluding steroid dienone is 4. The molecule has 0 saturated carbocycles. The van der Waals surface area contributed by atoms with Crippen LogP contribution in [0.2, 0.25) is 0 Å². The fraction of sp³-hybridized carbons (Fsp3) is 0.542. The summed E-state index contributed by atoms with van der Waals surface area (Å²) in [7, 11) is 1.43. The van der Waals surface area contributed by atoms with Crippen LogP contribution >= 0.6 is 0 Å². The van der Waals surface area contributed by atoms with Crippen LogP contribution in [0.3, 0.4) is 0 Å². The van der Waals surface area contributed by atoms with E-state index in [2.05, 4.69) is 13.2 Å². The van der Waals surface area contributed by atoms with Crippen molar-refractivity contribution in [1.29, 1.82) is 5.26 Å². The lowest BCUT2D eigenvalue weighted by Crippen LogP contribution is -2.47. The highest BCUT2D eigenvalue weighted by atomic mass is 16.2. The van der Waals surface area contributed by atoms with Crippen molar-refractivity contribution in [2.75, 3.05) is 18.0 Å². The van der Waals surface area contributed by atoms with Crippen LogP contribution in [0.1, 0.15) is 54.4 Å². The molecule has 1 aromatic rings. The second kappa shape index (κ2) is 16.9. The molecule has 0 spiro atoms. The molecule has 0 aliphatic carbocycles. The summed E-state index contributed by atoms with van der Waals surface area (Å²) in [6.07, 6.45) is 4.77. The number of nitrogens with two attached hydrogens (primary N) is 1. The molecule has 2 heterocycles. The zero-order chi connectivity index (χ0) is 24.6. The minimum absolute atomic E-state index is 0.00128. The third-order valence-electron chi connectivity index (χ3n) is 4.40. The SMILES string of the molecule is C=C/C(C#N)=C(\C=C)Cn1c(N2CCCC(N)C2)cc(=O)n(C)c1=O.CC.CC.CC. The zero-order valence-corrected chi connectivity index (χ0v) is 20.4. The van der Waals surface area contributed by atoms with E-state index in [4.69, 9.17) is 5.73 Å². The van der Waals surface area contributed by atoms with Crippen LogP contribution in [0.5, 0.6) is 0 Å². The molecule has 174 valence electrons. The first-order valence-electron chi connectivity index (χ1n) is 11.1. The largest absolute Gasteiger partial charge is 0.356 e. The first-order chi connectivity index (χ1) is 14.9. The number of piperidine rings is 1. The van der Waals surface area contributed by atoms with Gasteiger partial charge in [0, 0.05) is 32.2 Å². The summed E-state index contributed by atoms with van der Waals surface area (Å²) in [6, 6.07) is 3.49. The van der Waals surface area contributed by atoms with Crippen LogP contribution < -0.4 is 21.9 Å². The van der Waals surface area contributed by atoms with Crippen molar-refractivity contribution >= 4 is 5.82 Å². The van der Waals surface area contributed by atoms with Crippen LogP contribution in [-0.4, -0.2) is 28.3 Å². The van der Waals surface area contributed by atoms with Crippen molar-refractivity contribution in [3.63, 3.8) is 0 Å². The van der Waals surface area contributed by atoms with Crippen molar-refractivity contribution in [1.82, 2.24) is 9.13 Å². The van der Waals surface area contributed by atoms with Crippen LogP contribution in [0.4, 0.5) is 5.82 Å². The van der Waals surface area contributed by atoms with Gasteiger partial charge in [0.05, 0.1) is 18.2 Å². The van der Waals surface area contributed by atoms with Crippen molar-refractivity contribution in [3.05, 3.63) is 63.4 Å². The Hall–Kier alpha value is -2.85. The second-order valence-electron chi connectivity index (χ2n) is 6.08. The van der Waals surface area contributed by atoms with Crippen molar-refractivity contribution < 1.29 is 0 Å². The molecule has 7 nitrogen and oxygen atoms in total. The van der Waals surface area contributed by atoms with Gasteiger partial charge >= 0.3 is 5.69 Å². The average molecular weight is 432 g/mol. The summed E-state index contributed by atoms with van der Waals surface area (Å²) in [5.41, 5.74) is 6.14. The van der Waals surface area contributed by atoms with Gasteiger partial charge in [-0.05, 0) is 18.4 Å². The topological polar surface area (TPSA) is 97.1 Å². The van der Waals surface area contributed by atoms with Crippen molar-refractivity contribution in [2.45, 2.75) is 67.0 Å². The van der Waals surface area contributed by atoms with Gasteiger partial charge in [-0.1, -0.05) is 66.9 Å². The van der Waals surface area contributed by atoms with Gasteiger partial charge in [0.15, 0.2) is 0 Å². The lowest BCUT2D eigenvalue weighted by atomic mass is 10.1. The van der Waals surface area contributed by atoms with E-state index >= 15 is 0 Å². The molecule has 0 bridgehead atoms. The highest BCUT2D eigenvalue weighted by molar-refractivity contribution is 5.44. The molecule has 1 saturated heterocycles. The van der Waals surface area contributed by atoms with E-state index in [9.17, 15) is 14.9 Å². The van der Waals surface area contributed by atoms with E-state index in [0.29, 0.717) is 23.5 Å². The quantitative estimate of drug-likeness (QED) is 0.566. The molecule has 1 aliphatic heterocycles. The zero-order valence-electron chi connectivity index (χ0n) is 20.4. The molecule has 1 fully saturated rings. The summed E-state index contributed by atoms with van der Waals surface area (Å²) in [6.45, 7) is 20.8. The molecule has 2 N–H and O–H groups in total. The summed E-state index contributed by atoms with van der Waals surface area (Å²) < 4.78 is 2.53. The molecular weight excluding hydrogens is 390 g/mol. The fourth-order valence-electron chi connectivity index (χ4n) is 2.97. The molecule has 1 unspecified atom stereocenters. The van der Waals surface area contributed by atoms with E-state index in [-0.39, 0.29) is 18.1 Å². The van der Waals surface area contributed by atoms with E-state index < -0.39 is 5.69 Å². The Balaban J connectivity index is 0. The van der Waals surface area contributed by atoms with Crippen LogP contribution in [0.25, 0.3) is 0 Å². The third-order valence-corrected chi connectivity index (χ3v) is 4.40. The monoisotopic (exact) mass is 431 g/mol. The number of hydrogen-bond donors (Lipinski definition) is 1. The molecular formula is C24H41N5O2. The number of hydrogen-bond acceptors (Lipinski definition) is 5. The predicted octanol–water partition coefficient (Wildman–Crippen LogP) is 3.75. The van der Waals surface area contributed by atoms with Gasteiger partial charge < -0.3 is 10.6 Å². The first-order valence-corrected chi connectivity index (χ1v) is 11.1. The number of anilines is 1. The third kappa shape index (κ3) is 8.42. The predicted molar refractivity (Wildman–Crippen MR) is 132 cm³/mol. The fourth-order valence-corrected chi connectivity index (χ4v) is 2.97. The molecule has 0 aromatic carbocycles. The normalized spacial score (nSPS) is 15.3. The average Bonchev–Trinajstić information content (AvgIpc) is 2.82. The molecule has 31 heavy (non-hydrogen) atoms. The molecule has 1 atom stereocenters. The number of nitrogens with zero attached hydrogens (tertiary/aromatic N) is 4. The molecule has 2 rings (SSSR count). The lowest BCUT2D eigenvalue weighted by Gasteiger charge is -2.34. The highest BCUT2D eigenvalue weighted by Gasteiger charge is 2.22.